The lowest BCUT2D eigenvalue weighted by Crippen LogP contribution is -2.31. The number of rotatable bonds is 6. The number of amides is 1. The molecule has 0 fully saturated rings. The highest BCUT2D eigenvalue weighted by Crippen LogP contribution is 2.34. The number of methoxy groups -OCH3 is 1. The third kappa shape index (κ3) is 3.64. The first-order chi connectivity index (χ1) is 11.8. The molecule has 0 radical (unpaired) electrons. The highest BCUT2D eigenvalue weighted by molar-refractivity contribution is 9.10. The molecule has 1 aliphatic heterocycles. The Kier molecular flexibility index (Phi) is 5.75. The van der Waals surface area contributed by atoms with E-state index >= 15 is 0 Å². The van der Waals surface area contributed by atoms with Crippen LogP contribution in [0.4, 0.5) is 11.4 Å². The molecule has 1 aliphatic rings. The Morgan fingerprint density at radius 1 is 1.52 bits per heavy atom. The lowest BCUT2D eigenvalue weighted by Gasteiger charge is -2.15. The number of ether oxygens (including phenoxy) is 1. The number of nitrogens with one attached hydrogen (secondary N) is 1. The number of hydrogen-bond donors (Lipinski definition) is 2. The molecule has 10 heteroatoms. The summed E-state index contributed by atoms with van der Waals surface area (Å²) in [6.07, 6.45) is 0. The maximum atomic E-state index is 12.5. The first-order valence-electron chi connectivity index (χ1n) is 7.23. The van der Waals surface area contributed by atoms with Gasteiger partial charge in [0.15, 0.2) is 0 Å². The third-order valence-corrected chi connectivity index (χ3v) is 4.42. The minimum Gasteiger partial charge on any atom is -0.466 e. The predicted octanol–water partition coefficient (Wildman–Crippen LogP) is 1.34. The van der Waals surface area contributed by atoms with Gasteiger partial charge in [-0.2, -0.15) is 0 Å². The number of nitro groups is 1. The summed E-state index contributed by atoms with van der Waals surface area (Å²) in [4.78, 5) is 36.4. The minimum absolute atomic E-state index is 0.00787. The molecule has 1 aromatic carbocycles. The number of carbonyl (C=O) groups excluding carboxylic acids is 2. The molecular weight excluding hydrogens is 398 g/mol. The van der Waals surface area contributed by atoms with Crippen LogP contribution < -0.4 is 5.32 Å². The molecule has 0 unspecified atom stereocenters. The normalized spacial score (nSPS) is 14.1. The largest absolute Gasteiger partial charge is 0.466 e. The molecule has 1 aromatic rings. The van der Waals surface area contributed by atoms with Crippen molar-refractivity contribution in [3.63, 3.8) is 0 Å². The van der Waals surface area contributed by atoms with Gasteiger partial charge in [-0.1, -0.05) is 0 Å². The molecule has 0 aliphatic carbocycles. The van der Waals surface area contributed by atoms with Crippen LogP contribution in [0.5, 0.6) is 0 Å². The van der Waals surface area contributed by atoms with Gasteiger partial charge >= 0.3 is 5.97 Å². The van der Waals surface area contributed by atoms with Gasteiger partial charge in [0.1, 0.15) is 5.70 Å². The molecule has 0 bridgehead atoms. The van der Waals surface area contributed by atoms with Gasteiger partial charge in [0.25, 0.3) is 11.6 Å². The van der Waals surface area contributed by atoms with E-state index in [1.54, 1.807) is 6.07 Å². The van der Waals surface area contributed by atoms with Gasteiger partial charge in [0.2, 0.25) is 0 Å². The molecule has 1 heterocycles. The average molecular weight is 414 g/mol. The van der Waals surface area contributed by atoms with Crippen LogP contribution in [-0.4, -0.2) is 53.6 Å². The number of carbonyl (C=O) groups is 2. The summed E-state index contributed by atoms with van der Waals surface area (Å²) in [6, 6.07) is 3.05. The van der Waals surface area contributed by atoms with E-state index in [-0.39, 0.29) is 36.7 Å². The number of benzene rings is 1. The van der Waals surface area contributed by atoms with Crippen LogP contribution in [0.15, 0.2) is 27.9 Å². The Labute approximate surface area is 151 Å². The van der Waals surface area contributed by atoms with E-state index in [9.17, 15) is 19.7 Å². The van der Waals surface area contributed by atoms with Crippen molar-refractivity contribution in [3.05, 3.63) is 43.6 Å². The van der Waals surface area contributed by atoms with E-state index in [1.807, 2.05) is 0 Å². The minimum atomic E-state index is -0.680. The van der Waals surface area contributed by atoms with Crippen molar-refractivity contribution < 1.29 is 24.4 Å². The lowest BCUT2D eigenvalue weighted by atomic mass is 10.1. The highest BCUT2D eigenvalue weighted by atomic mass is 79.9. The zero-order valence-electron chi connectivity index (χ0n) is 13.5. The number of hydrogen-bond acceptors (Lipinski definition) is 7. The number of β-amino-alcohol motifs (C(OH)–C–C–N with tert-alkyl or cyclic N) is 1. The molecule has 0 spiro atoms. The number of halogens is 1. The summed E-state index contributed by atoms with van der Waals surface area (Å²) >= 11 is 3.12. The van der Waals surface area contributed by atoms with E-state index in [0.29, 0.717) is 15.7 Å². The zero-order chi connectivity index (χ0) is 18.7. The van der Waals surface area contributed by atoms with E-state index in [2.05, 4.69) is 21.2 Å². The highest BCUT2D eigenvalue weighted by Gasteiger charge is 2.35. The second kappa shape index (κ2) is 7.62. The van der Waals surface area contributed by atoms with Gasteiger partial charge in [-0.05, 0) is 35.0 Å². The predicted molar refractivity (Wildman–Crippen MR) is 91.9 cm³/mol. The first-order valence-corrected chi connectivity index (χ1v) is 8.03. The number of nitro benzene ring substituents is 1. The summed E-state index contributed by atoms with van der Waals surface area (Å²) in [6.45, 7) is 1.33. The molecule has 9 nitrogen and oxygen atoms in total. The van der Waals surface area contributed by atoms with Crippen molar-refractivity contribution in [1.29, 1.82) is 0 Å². The van der Waals surface area contributed by atoms with Crippen molar-refractivity contribution in [2.45, 2.75) is 6.92 Å². The number of nitrogens with zero attached hydrogens (tertiary/aromatic N) is 2. The van der Waals surface area contributed by atoms with Gasteiger partial charge in [0.05, 0.1) is 40.8 Å². The Balaban J connectivity index is 2.45. The number of anilines is 1. The molecular formula is C15H16BrN3O6. The van der Waals surface area contributed by atoms with Crippen molar-refractivity contribution in [3.8, 4) is 0 Å². The number of aliphatic hydroxyl groups is 1. The maximum Gasteiger partial charge on any atom is 0.337 e. The van der Waals surface area contributed by atoms with Crippen molar-refractivity contribution in [1.82, 2.24) is 4.90 Å². The molecule has 134 valence electrons. The monoisotopic (exact) mass is 413 g/mol. The van der Waals surface area contributed by atoms with Crippen molar-refractivity contribution in [2.75, 3.05) is 32.1 Å². The van der Waals surface area contributed by atoms with Crippen LogP contribution >= 0.6 is 15.9 Å². The Morgan fingerprint density at radius 2 is 2.20 bits per heavy atom. The molecule has 0 aromatic heterocycles. The molecule has 0 saturated carbocycles. The Hall–Kier alpha value is -2.46. The zero-order valence-corrected chi connectivity index (χ0v) is 15.1. The molecule has 2 N–H and O–H groups in total. The summed E-state index contributed by atoms with van der Waals surface area (Å²) in [5, 5.41) is 23.1. The fourth-order valence-corrected chi connectivity index (χ4v) is 3.08. The molecule has 25 heavy (non-hydrogen) atoms. The quantitative estimate of drug-likeness (QED) is 0.409. The topological polar surface area (TPSA) is 122 Å². The third-order valence-electron chi connectivity index (χ3n) is 3.78. The van der Waals surface area contributed by atoms with E-state index in [1.165, 1.54) is 25.0 Å². The Bertz CT molecular complexity index is 777. The van der Waals surface area contributed by atoms with Crippen molar-refractivity contribution in [2.24, 2.45) is 0 Å². The average Bonchev–Trinajstić information content (AvgIpc) is 2.86. The standard InChI is InChI=1S/C15H16BrN3O6/c1-8-11(4-3-10(16)13(8)19(23)24)17-12-9(15(22)25-2)7-18(5-6-20)14(12)21/h3-4,17,20H,5-7H2,1-2H3. The van der Waals surface area contributed by atoms with Crippen LogP contribution in [0, 0.1) is 17.0 Å². The van der Waals surface area contributed by atoms with E-state index < -0.39 is 16.8 Å². The lowest BCUT2D eigenvalue weighted by molar-refractivity contribution is -0.386. The molecule has 0 atom stereocenters. The molecule has 2 rings (SSSR count). The van der Waals surface area contributed by atoms with Gasteiger partial charge in [0, 0.05) is 12.2 Å². The Morgan fingerprint density at radius 3 is 2.76 bits per heavy atom. The fraction of sp³-hybridized carbons (Fsp3) is 0.333. The van der Waals surface area contributed by atoms with Crippen molar-refractivity contribution >= 4 is 39.2 Å². The molecule has 0 saturated heterocycles. The van der Waals surface area contributed by atoms with Crippen LogP contribution in [0.1, 0.15) is 5.56 Å². The number of esters is 1. The van der Waals surface area contributed by atoms with Crippen LogP contribution in [0.25, 0.3) is 0 Å². The van der Waals surface area contributed by atoms with Crippen LogP contribution in [0.2, 0.25) is 0 Å². The molecule has 1 amide bonds. The van der Waals surface area contributed by atoms with Gasteiger partial charge in [-0.15, -0.1) is 0 Å². The van der Waals surface area contributed by atoms with E-state index in [4.69, 9.17) is 9.84 Å². The van der Waals surface area contributed by atoms with Gasteiger partial charge < -0.3 is 20.1 Å². The SMILES string of the molecule is COC(=O)C1=C(Nc2ccc(Br)c([N+](=O)[O-])c2C)C(=O)N(CCO)C1. The van der Waals surface area contributed by atoms with E-state index in [0.717, 1.165) is 0 Å². The second-order valence-corrected chi connectivity index (χ2v) is 6.10. The van der Waals surface area contributed by atoms with Gasteiger partial charge in [-0.25, -0.2) is 4.79 Å². The summed E-state index contributed by atoms with van der Waals surface area (Å²) in [7, 11) is 1.20. The second-order valence-electron chi connectivity index (χ2n) is 5.25. The summed E-state index contributed by atoms with van der Waals surface area (Å²) in [5.41, 5.74) is 0.587. The first kappa shape index (κ1) is 18.9. The maximum absolute atomic E-state index is 12.5. The van der Waals surface area contributed by atoms with Crippen LogP contribution in [-0.2, 0) is 14.3 Å². The summed E-state index contributed by atoms with van der Waals surface area (Å²) < 4.78 is 5.00. The number of aliphatic hydroxyl groups excluding tert-OH is 1. The smallest absolute Gasteiger partial charge is 0.337 e. The van der Waals surface area contributed by atoms with Gasteiger partial charge in [-0.3, -0.25) is 14.9 Å². The van der Waals surface area contributed by atoms with Crippen LogP contribution in [0.3, 0.4) is 0 Å². The fourth-order valence-electron chi connectivity index (χ4n) is 2.51. The summed E-state index contributed by atoms with van der Waals surface area (Å²) in [5.74, 6) is -1.17.